The van der Waals surface area contributed by atoms with Gasteiger partial charge < -0.3 is 9.47 Å². The summed E-state index contributed by atoms with van der Waals surface area (Å²) in [5.74, 6) is 0.527. The summed E-state index contributed by atoms with van der Waals surface area (Å²) in [6.07, 6.45) is 2.35. The van der Waals surface area contributed by atoms with Crippen molar-refractivity contribution in [3.63, 3.8) is 0 Å². The average molecular weight is 252 g/mol. The van der Waals surface area contributed by atoms with E-state index in [1.165, 1.54) is 7.11 Å². The molecule has 1 amide bonds. The first kappa shape index (κ1) is 12.6. The minimum atomic E-state index is -0.111. The number of hydrazine groups is 1. The fraction of sp³-hybridized carbons (Fsp3) is 0.545. The van der Waals surface area contributed by atoms with Gasteiger partial charge in [-0.3, -0.25) is 15.6 Å². The van der Waals surface area contributed by atoms with Crippen LogP contribution in [-0.2, 0) is 9.53 Å². The van der Waals surface area contributed by atoms with Crippen molar-refractivity contribution >= 4 is 11.9 Å². The first-order valence-electron chi connectivity index (χ1n) is 5.79. The lowest BCUT2D eigenvalue weighted by Crippen LogP contribution is -2.32. The van der Waals surface area contributed by atoms with Crippen molar-refractivity contribution in [1.82, 2.24) is 15.4 Å². The molecule has 0 radical (unpaired) electrons. The van der Waals surface area contributed by atoms with Crippen molar-refractivity contribution in [1.29, 1.82) is 0 Å². The fourth-order valence-electron chi connectivity index (χ4n) is 1.57. The molecule has 18 heavy (non-hydrogen) atoms. The van der Waals surface area contributed by atoms with Crippen LogP contribution in [0, 0.1) is 5.92 Å². The minimum Gasteiger partial charge on any atom is -0.481 e. The third-order valence-corrected chi connectivity index (χ3v) is 2.59. The van der Waals surface area contributed by atoms with Crippen LogP contribution in [0.3, 0.4) is 0 Å². The van der Waals surface area contributed by atoms with Crippen LogP contribution < -0.4 is 15.6 Å². The topological polar surface area (TPSA) is 85.4 Å². The van der Waals surface area contributed by atoms with E-state index in [0.717, 1.165) is 6.42 Å². The number of hydrogen-bond acceptors (Lipinski definition) is 6. The van der Waals surface area contributed by atoms with Crippen LogP contribution in [0.2, 0.25) is 0 Å². The maximum absolute atomic E-state index is 11.7. The van der Waals surface area contributed by atoms with Crippen LogP contribution in [-0.4, -0.2) is 35.7 Å². The van der Waals surface area contributed by atoms with Gasteiger partial charge in [0.15, 0.2) is 0 Å². The number of methoxy groups -OCH3 is 1. The Morgan fingerprint density at radius 3 is 3.17 bits per heavy atom. The molecule has 1 saturated carbocycles. The number of amides is 1. The first-order chi connectivity index (χ1) is 8.74. The smallest absolute Gasteiger partial charge is 0.245 e. The summed E-state index contributed by atoms with van der Waals surface area (Å²) < 4.78 is 10.3. The second-order valence-electron chi connectivity index (χ2n) is 3.87. The zero-order valence-corrected chi connectivity index (χ0v) is 10.3. The van der Waals surface area contributed by atoms with Gasteiger partial charge in [0.2, 0.25) is 17.7 Å². The molecule has 2 N–H and O–H groups in total. The molecule has 0 bridgehead atoms. The zero-order valence-electron chi connectivity index (χ0n) is 10.3. The monoisotopic (exact) mass is 252 g/mol. The van der Waals surface area contributed by atoms with Gasteiger partial charge in [-0.25, -0.2) is 4.98 Å². The second-order valence-corrected chi connectivity index (χ2v) is 3.87. The highest BCUT2D eigenvalue weighted by Crippen LogP contribution is 2.33. The summed E-state index contributed by atoms with van der Waals surface area (Å²) in [6.45, 7) is 2.54. The highest BCUT2D eigenvalue weighted by atomic mass is 16.5. The molecule has 7 nitrogen and oxygen atoms in total. The zero-order chi connectivity index (χ0) is 13.0. The number of aromatic nitrogens is 2. The molecule has 1 aromatic rings. The lowest BCUT2D eigenvalue weighted by atomic mass is 10.4. The molecule has 1 heterocycles. The molecule has 2 unspecified atom stereocenters. The molecule has 0 saturated heterocycles. The maximum Gasteiger partial charge on any atom is 0.245 e. The van der Waals surface area contributed by atoms with Gasteiger partial charge in [0.25, 0.3) is 0 Å². The van der Waals surface area contributed by atoms with Crippen molar-refractivity contribution in [2.45, 2.75) is 19.4 Å². The predicted molar refractivity (Wildman–Crippen MR) is 63.9 cm³/mol. The Bertz CT molecular complexity index is 427. The Hall–Kier alpha value is -1.89. The van der Waals surface area contributed by atoms with Gasteiger partial charge >= 0.3 is 0 Å². The Morgan fingerprint density at radius 2 is 2.44 bits per heavy atom. The van der Waals surface area contributed by atoms with Crippen LogP contribution >= 0.6 is 0 Å². The minimum absolute atomic E-state index is 0.0445. The molecular formula is C11H16N4O3. The maximum atomic E-state index is 11.7. The van der Waals surface area contributed by atoms with Crippen LogP contribution in [0.15, 0.2) is 12.3 Å². The standard InChI is InChI=1S/C11H16N4O3/c1-3-18-8-6-7(8)10(16)14-15-11-12-5-4-9(13-11)17-2/h4-5,7-8H,3,6H2,1-2H3,(H,14,16)(H,12,13,15). The fourth-order valence-corrected chi connectivity index (χ4v) is 1.57. The molecule has 7 heteroatoms. The average Bonchev–Trinajstić information content (AvgIpc) is 3.16. The largest absolute Gasteiger partial charge is 0.481 e. The molecule has 1 aromatic heterocycles. The van der Waals surface area contributed by atoms with Crippen LogP contribution in [0.25, 0.3) is 0 Å². The van der Waals surface area contributed by atoms with Crippen LogP contribution in [0.4, 0.5) is 5.95 Å². The first-order valence-corrected chi connectivity index (χ1v) is 5.79. The van der Waals surface area contributed by atoms with Gasteiger partial charge in [0.1, 0.15) is 0 Å². The molecule has 0 aromatic carbocycles. The number of nitrogens with zero attached hydrogens (tertiary/aromatic N) is 2. The van der Waals surface area contributed by atoms with E-state index in [-0.39, 0.29) is 23.9 Å². The van der Waals surface area contributed by atoms with Gasteiger partial charge in [-0.15, -0.1) is 0 Å². The molecule has 0 spiro atoms. The van der Waals surface area contributed by atoms with E-state index in [1.54, 1.807) is 12.3 Å². The summed E-state index contributed by atoms with van der Waals surface area (Å²) in [4.78, 5) is 19.6. The number of anilines is 1. The highest BCUT2D eigenvalue weighted by Gasteiger charge is 2.44. The van der Waals surface area contributed by atoms with Crippen molar-refractivity contribution in [2.24, 2.45) is 5.92 Å². The lowest BCUT2D eigenvalue weighted by molar-refractivity contribution is -0.122. The van der Waals surface area contributed by atoms with Crippen molar-refractivity contribution in [3.8, 4) is 5.88 Å². The van der Waals surface area contributed by atoms with Crippen LogP contribution in [0.5, 0.6) is 5.88 Å². The second kappa shape index (κ2) is 5.63. The summed E-state index contributed by atoms with van der Waals surface area (Å²) in [6, 6.07) is 1.62. The van der Waals surface area contributed by atoms with Gasteiger partial charge in [-0.2, -0.15) is 4.98 Å². The SMILES string of the molecule is CCOC1CC1C(=O)NNc1nccc(OC)n1. The Balaban J connectivity index is 1.79. The number of carbonyl (C=O) groups excluding carboxylic acids is 1. The number of carbonyl (C=O) groups is 1. The van der Waals surface area contributed by atoms with Crippen molar-refractivity contribution < 1.29 is 14.3 Å². The third kappa shape index (κ3) is 3.07. The number of hydrogen-bond donors (Lipinski definition) is 2. The van der Waals surface area contributed by atoms with E-state index < -0.39 is 0 Å². The Labute approximate surface area is 105 Å². The van der Waals surface area contributed by atoms with Crippen molar-refractivity contribution in [3.05, 3.63) is 12.3 Å². The normalized spacial score (nSPS) is 21.2. The summed E-state index contributed by atoms with van der Waals surface area (Å²) in [5.41, 5.74) is 5.20. The van der Waals surface area contributed by atoms with Gasteiger partial charge in [0, 0.05) is 18.9 Å². The van der Waals surface area contributed by atoms with Gasteiger partial charge in [-0.1, -0.05) is 0 Å². The molecular weight excluding hydrogens is 236 g/mol. The highest BCUT2D eigenvalue weighted by molar-refractivity contribution is 5.82. The molecule has 1 aliphatic carbocycles. The van der Waals surface area contributed by atoms with Gasteiger partial charge in [0.05, 0.1) is 19.1 Å². The summed E-state index contributed by atoms with van der Waals surface area (Å²) in [5, 5.41) is 0. The third-order valence-electron chi connectivity index (χ3n) is 2.59. The summed E-state index contributed by atoms with van der Waals surface area (Å²) >= 11 is 0. The quantitative estimate of drug-likeness (QED) is 0.711. The van der Waals surface area contributed by atoms with E-state index in [9.17, 15) is 4.79 Å². The van der Waals surface area contributed by atoms with E-state index in [2.05, 4.69) is 20.8 Å². The van der Waals surface area contributed by atoms with Crippen LogP contribution in [0.1, 0.15) is 13.3 Å². The Morgan fingerprint density at radius 1 is 1.61 bits per heavy atom. The van der Waals surface area contributed by atoms with Crippen molar-refractivity contribution in [2.75, 3.05) is 19.1 Å². The molecule has 0 aliphatic heterocycles. The van der Waals surface area contributed by atoms with E-state index in [4.69, 9.17) is 9.47 Å². The number of rotatable bonds is 6. The van der Waals surface area contributed by atoms with E-state index >= 15 is 0 Å². The number of ether oxygens (including phenoxy) is 2. The lowest BCUT2D eigenvalue weighted by Gasteiger charge is -2.07. The van der Waals surface area contributed by atoms with Gasteiger partial charge in [-0.05, 0) is 13.3 Å². The molecule has 1 fully saturated rings. The van der Waals surface area contributed by atoms with E-state index in [0.29, 0.717) is 12.5 Å². The predicted octanol–water partition coefficient (Wildman–Crippen LogP) is 0.353. The molecule has 2 atom stereocenters. The number of nitrogens with one attached hydrogen (secondary N) is 2. The summed E-state index contributed by atoms with van der Waals surface area (Å²) in [7, 11) is 1.52. The molecule has 2 rings (SSSR count). The Kier molecular flexibility index (Phi) is 3.93. The van der Waals surface area contributed by atoms with E-state index in [1.807, 2.05) is 6.92 Å². The molecule has 98 valence electrons. The molecule has 1 aliphatic rings.